The normalized spacial score (nSPS) is 12.2. The maximum absolute atomic E-state index is 10.7. The molecular weight excluding hydrogens is 923 g/mol. The Labute approximate surface area is 420 Å². The number of fused-ring (bicyclic) bond motifs is 6. The quantitative estimate of drug-likeness (QED) is 0.0505. The Balaban J connectivity index is 0.000000259. The smallest absolute Gasteiger partial charge is 0.216 e. The minimum Gasteiger partial charge on any atom is -0.378 e. The molecule has 0 spiro atoms. The van der Waals surface area contributed by atoms with Crippen LogP contribution < -0.4 is 10.6 Å². The molecule has 1 amide bonds. The molecule has 70 heavy (non-hydrogen) atoms. The second kappa shape index (κ2) is 26.9. The van der Waals surface area contributed by atoms with Crippen molar-refractivity contribution in [2.24, 2.45) is 4.99 Å². The third kappa shape index (κ3) is 14.3. The Morgan fingerprint density at radius 1 is 0.671 bits per heavy atom. The standard InChI is InChI=1S/C36H51N3O7S.C18H18N4S/c1-4-39-34-8-5-30(24-33(34)32-7-6-31(25-35(32)39)36-23-28(2)27-47-36)26-37-9-11-41-13-15-43-17-19-45-21-22-46-20-18-44-16-14-42-12-10-38-29(3)40;1-10-5-7-14(8-6-10)17-16-11(2)12(3)23-18(16)22-13(4)20-21-15(22)9-19-17/h5-8,23-25,27,37H,4,9-22,26H2,1-3H3,(H,38,40);5-8H,9H2,1-4H3. The number of nitrogens with one attached hydrogen (secondary N) is 2. The molecule has 7 aromatic rings. The maximum atomic E-state index is 10.7. The van der Waals surface area contributed by atoms with Crippen LogP contribution in [-0.4, -0.2) is 123 Å². The lowest BCUT2D eigenvalue weighted by Gasteiger charge is -2.09. The first-order valence-electron chi connectivity index (χ1n) is 24.3. The fourth-order valence-electron chi connectivity index (χ4n) is 8.21. The number of rotatable bonds is 26. The summed E-state index contributed by atoms with van der Waals surface area (Å²) in [7, 11) is 0. The van der Waals surface area contributed by atoms with Gasteiger partial charge >= 0.3 is 0 Å². The number of thiophene rings is 2. The van der Waals surface area contributed by atoms with Gasteiger partial charge < -0.3 is 43.6 Å². The van der Waals surface area contributed by atoms with Crippen molar-refractivity contribution in [3.8, 4) is 15.4 Å². The van der Waals surface area contributed by atoms with Gasteiger partial charge in [0.05, 0.1) is 85.0 Å². The van der Waals surface area contributed by atoms with Gasteiger partial charge in [0.25, 0.3) is 0 Å². The van der Waals surface area contributed by atoms with Crippen molar-refractivity contribution in [2.45, 2.75) is 68.1 Å². The van der Waals surface area contributed by atoms with Gasteiger partial charge in [-0.3, -0.25) is 14.4 Å². The van der Waals surface area contributed by atoms with Crippen LogP contribution in [0.15, 0.2) is 77.1 Å². The first-order chi connectivity index (χ1) is 34.1. The van der Waals surface area contributed by atoms with Gasteiger partial charge in [0.15, 0.2) is 5.82 Å². The second-order valence-corrected chi connectivity index (χ2v) is 19.3. The van der Waals surface area contributed by atoms with Crippen LogP contribution in [0.4, 0.5) is 0 Å². The number of hydrogen-bond donors (Lipinski definition) is 2. The predicted molar refractivity (Wildman–Crippen MR) is 282 cm³/mol. The van der Waals surface area contributed by atoms with E-state index in [1.54, 1.807) is 22.7 Å². The zero-order valence-electron chi connectivity index (χ0n) is 41.9. The highest BCUT2D eigenvalue weighted by Gasteiger charge is 2.26. The second-order valence-electron chi connectivity index (χ2n) is 17.1. The van der Waals surface area contributed by atoms with Crippen molar-refractivity contribution in [1.82, 2.24) is 30.0 Å². The number of benzene rings is 3. The molecule has 1 aliphatic heterocycles. The molecule has 3 aromatic carbocycles. The monoisotopic (exact) mass is 991 g/mol. The van der Waals surface area contributed by atoms with Gasteiger partial charge in [-0.25, -0.2) is 0 Å². The fraction of sp³-hybridized carbons (Fsp3) is 0.444. The van der Waals surface area contributed by atoms with Crippen molar-refractivity contribution in [2.75, 3.05) is 92.4 Å². The average molecular weight is 992 g/mol. The minimum absolute atomic E-state index is 0.0553. The summed E-state index contributed by atoms with van der Waals surface area (Å²) in [6.45, 7) is 24.2. The molecule has 0 saturated carbocycles. The van der Waals surface area contributed by atoms with Gasteiger partial charge in [0, 0.05) is 75.8 Å². The number of aryl methyl sites for hydroxylation is 5. The molecule has 0 bridgehead atoms. The number of aliphatic imine (C=N–C) groups is 1. The Morgan fingerprint density at radius 2 is 1.30 bits per heavy atom. The van der Waals surface area contributed by atoms with Crippen molar-refractivity contribution < 1.29 is 33.2 Å². The molecule has 0 unspecified atom stereocenters. The number of ether oxygens (including phenoxy) is 6. The van der Waals surface area contributed by atoms with Gasteiger partial charge in [-0.2, -0.15) is 0 Å². The lowest BCUT2D eigenvalue weighted by molar-refractivity contribution is -0.119. The Kier molecular flexibility index (Phi) is 20.2. The molecule has 0 atom stereocenters. The van der Waals surface area contributed by atoms with E-state index < -0.39 is 0 Å². The number of aromatic nitrogens is 4. The number of carbonyl (C=O) groups is 1. The number of amides is 1. The Hall–Kier alpha value is -5.14. The average Bonchev–Trinajstić information content (AvgIpc) is 4.09. The van der Waals surface area contributed by atoms with E-state index in [9.17, 15) is 4.79 Å². The summed E-state index contributed by atoms with van der Waals surface area (Å²) in [5.74, 6) is 1.77. The van der Waals surface area contributed by atoms with Gasteiger partial charge in [-0.1, -0.05) is 48.0 Å². The molecule has 4 aromatic heterocycles. The number of hydrogen-bond acceptors (Lipinski definition) is 13. The first-order valence-corrected chi connectivity index (χ1v) is 26.0. The van der Waals surface area contributed by atoms with Crippen LogP contribution in [0.1, 0.15) is 63.8 Å². The molecular formula is C54H69N7O7S2. The van der Waals surface area contributed by atoms with Gasteiger partial charge in [0.1, 0.15) is 17.4 Å². The summed E-state index contributed by atoms with van der Waals surface area (Å²) >= 11 is 3.60. The summed E-state index contributed by atoms with van der Waals surface area (Å²) in [6.07, 6.45) is 0. The zero-order valence-corrected chi connectivity index (χ0v) is 43.5. The van der Waals surface area contributed by atoms with E-state index in [4.69, 9.17) is 33.4 Å². The molecule has 14 nitrogen and oxygen atoms in total. The molecule has 2 N–H and O–H groups in total. The zero-order chi connectivity index (χ0) is 49.2. The van der Waals surface area contributed by atoms with Crippen LogP contribution in [0.25, 0.3) is 37.2 Å². The van der Waals surface area contributed by atoms with E-state index in [1.165, 1.54) is 76.9 Å². The van der Waals surface area contributed by atoms with E-state index in [-0.39, 0.29) is 5.91 Å². The third-order valence-corrected chi connectivity index (χ3v) is 14.2. The van der Waals surface area contributed by atoms with Crippen LogP contribution in [0.3, 0.4) is 0 Å². The summed E-state index contributed by atoms with van der Waals surface area (Å²) in [6, 6.07) is 24.5. The lowest BCUT2D eigenvalue weighted by atomic mass is 9.99. The van der Waals surface area contributed by atoms with Crippen molar-refractivity contribution in [3.63, 3.8) is 0 Å². The molecule has 5 heterocycles. The number of carbonyl (C=O) groups excluding carboxylic acids is 1. The largest absolute Gasteiger partial charge is 0.378 e. The van der Waals surface area contributed by atoms with Crippen LogP contribution in [-0.2, 0) is 52.8 Å². The molecule has 0 fully saturated rings. The molecule has 0 saturated heterocycles. The van der Waals surface area contributed by atoms with Crippen LogP contribution in [0, 0.1) is 34.6 Å². The molecule has 1 aliphatic rings. The van der Waals surface area contributed by atoms with Gasteiger partial charge in [0.2, 0.25) is 5.91 Å². The van der Waals surface area contributed by atoms with E-state index in [2.05, 4.69) is 137 Å². The van der Waals surface area contributed by atoms with E-state index in [0.717, 1.165) is 42.6 Å². The number of nitrogens with zero attached hydrogens (tertiary/aromatic N) is 5. The highest BCUT2D eigenvalue weighted by atomic mass is 32.1. The summed E-state index contributed by atoms with van der Waals surface area (Å²) in [5.41, 5.74) is 12.4. The Morgan fingerprint density at radius 3 is 1.91 bits per heavy atom. The molecule has 16 heteroatoms. The van der Waals surface area contributed by atoms with Crippen molar-refractivity contribution >= 4 is 56.1 Å². The SMILES string of the molecule is CCn1c2ccc(CNCCOCCOCCOCCOCCOCCOCCNC(C)=O)cc2c2ccc(-c3cc(C)cs3)cc21.Cc1ccc(C2=NCc3nnc(C)n3-c3sc(C)c(C)c32)cc1. The van der Waals surface area contributed by atoms with Crippen LogP contribution in [0.2, 0.25) is 0 Å². The highest BCUT2D eigenvalue weighted by Crippen LogP contribution is 2.37. The lowest BCUT2D eigenvalue weighted by Crippen LogP contribution is -2.25. The fourth-order valence-corrected chi connectivity index (χ4v) is 10.3. The first kappa shape index (κ1) is 52.7. The predicted octanol–water partition coefficient (Wildman–Crippen LogP) is 9.09. The third-order valence-electron chi connectivity index (χ3n) is 11.9. The molecule has 374 valence electrons. The summed E-state index contributed by atoms with van der Waals surface area (Å²) in [4.78, 5) is 18.3. The molecule has 0 aliphatic carbocycles. The van der Waals surface area contributed by atoms with Gasteiger partial charge in [-0.05, 0) is 93.4 Å². The maximum Gasteiger partial charge on any atom is 0.216 e. The van der Waals surface area contributed by atoms with E-state index in [1.807, 2.05) is 6.92 Å². The Bertz CT molecular complexity index is 2790. The van der Waals surface area contributed by atoms with Crippen molar-refractivity contribution in [1.29, 1.82) is 0 Å². The van der Waals surface area contributed by atoms with E-state index in [0.29, 0.717) is 92.4 Å². The van der Waals surface area contributed by atoms with E-state index >= 15 is 0 Å². The van der Waals surface area contributed by atoms with Crippen LogP contribution >= 0.6 is 22.7 Å². The van der Waals surface area contributed by atoms with Crippen molar-refractivity contribution in [3.05, 3.63) is 122 Å². The summed E-state index contributed by atoms with van der Waals surface area (Å²) in [5, 5.41) is 20.7. The minimum atomic E-state index is -0.0553. The molecule has 0 radical (unpaired) electrons. The van der Waals surface area contributed by atoms with Crippen LogP contribution in [0.5, 0.6) is 0 Å². The molecule has 8 rings (SSSR count). The highest BCUT2D eigenvalue weighted by molar-refractivity contribution is 7.15. The van der Waals surface area contributed by atoms with Gasteiger partial charge in [-0.15, -0.1) is 32.9 Å². The summed E-state index contributed by atoms with van der Waals surface area (Å²) < 4.78 is 37.6. The topological polar surface area (TPSA) is 145 Å².